The number of carbonyl (C=O) groups excluding carboxylic acids is 2. The molecule has 0 saturated carbocycles. The summed E-state index contributed by atoms with van der Waals surface area (Å²) in [6.45, 7) is 3.63. The fraction of sp³-hybridized carbons (Fsp3) is 0.176. The lowest BCUT2D eigenvalue weighted by molar-refractivity contribution is -0.119. The molecule has 0 bridgehead atoms. The molecule has 2 rings (SSSR count). The van der Waals surface area contributed by atoms with Gasteiger partial charge >= 0.3 is 0 Å². The highest BCUT2D eigenvalue weighted by Gasteiger charge is 2.15. The van der Waals surface area contributed by atoms with E-state index in [4.69, 9.17) is 4.74 Å². The molecular formula is C17H19N3O5S. The van der Waals surface area contributed by atoms with Gasteiger partial charge in [-0.1, -0.05) is 0 Å². The van der Waals surface area contributed by atoms with Crippen molar-refractivity contribution in [3.05, 3.63) is 54.1 Å². The van der Waals surface area contributed by atoms with E-state index in [1.165, 1.54) is 31.2 Å². The summed E-state index contributed by atoms with van der Waals surface area (Å²) in [6, 6.07) is 11.8. The van der Waals surface area contributed by atoms with Crippen molar-refractivity contribution in [2.75, 3.05) is 11.3 Å². The zero-order valence-electron chi connectivity index (χ0n) is 14.3. The number of carbonyl (C=O) groups is 2. The van der Waals surface area contributed by atoms with E-state index < -0.39 is 21.8 Å². The van der Waals surface area contributed by atoms with Gasteiger partial charge in [0.05, 0.1) is 11.5 Å². The Morgan fingerprint density at radius 2 is 1.58 bits per heavy atom. The van der Waals surface area contributed by atoms with Crippen molar-refractivity contribution in [2.45, 2.75) is 18.7 Å². The van der Waals surface area contributed by atoms with Crippen molar-refractivity contribution in [1.82, 2.24) is 10.9 Å². The lowest BCUT2D eigenvalue weighted by Crippen LogP contribution is -2.40. The van der Waals surface area contributed by atoms with Crippen LogP contribution in [0.15, 0.2) is 53.4 Å². The number of nitrogens with one attached hydrogen (secondary N) is 3. The Morgan fingerprint density at radius 1 is 0.962 bits per heavy atom. The zero-order chi connectivity index (χ0) is 19.2. The normalized spacial score (nSPS) is 10.7. The van der Waals surface area contributed by atoms with Gasteiger partial charge in [-0.15, -0.1) is 0 Å². The molecule has 2 aromatic carbocycles. The van der Waals surface area contributed by atoms with Crippen LogP contribution in [-0.4, -0.2) is 26.8 Å². The molecule has 8 nitrogen and oxygen atoms in total. The molecule has 0 spiro atoms. The van der Waals surface area contributed by atoms with Crippen LogP contribution in [-0.2, 0) is 14.8 Å². The molecule has 0 aromatic heterocycles. The second-order valence-electron chi connectivity index (χ2n) is 5.22. The second-order valence-corrected chi connectivity index (χ2v) is 6.90. The minimum absolute atomic E-state index is 0.00228. The number of sulfonamides is 1. The predicted molar refractivity (Wildman–Crippen MR) is 96.1 cm³/mol. The third kappa shape index (κ3) is 5.21. The maximum Gasteiger partial charge on any atom is 0.269 e. The number of rotatable bonds is 6. The van der Waals surface area contributed by atoms with Gasteiger partial charge in [0.25, 0.3) is 15.9 Å². The van der Waals surface area contributed by atoms with Crippen LogP contribution in [0.25, 0.3) is 0 Å². The van der Waals surface area contributed by atoms with Crippen molar-refractivity contribution >= 4 is 27.5 Å². The highest BCUT2D eigenvalue weighted by Crippen LogP contribution is 2.20. The molecule has 0 unspecified atom stereocenters. The average molecular weight is 377 g/mol. The first kappa shape index (κ1) is 19.3. The van der Waals surface area contributed by atoms with E-state index in [0.29, 0.717) is 18.0 Å². The Hall–Kier alpha value is -3.07. The molecule has 3 N–H and O–H groups in total. The molecule has 26 heavy (non-hydrogen) atoms. The molecule has 2 aromatic rings. The highest BCUT2D eigenvalue weighted by atomic mass is 32.2. The zero-order valence-corrected chi connectivity index (χ0v) is 15.1. The van der Waals surface area contributed by atoms with E-state index >= 15 is 0 Å². The maximum atomic E-state index is 12.4. The third-order valence-corrected chi connectivity index (χ3v) is 4.59. The molecule has 138 valence electrons. The van der Waals surface area contributed by atoms with Gasteiger partial charge in [-0.25, -0.2) is 8.42 Å². The largest absolute Gasteiger partial charge is 0.494 e. The Kier molecular flexibility index (Phi) is 6.18. The van der Waals surface area contributed by atoms with Gasteiger partial charge in [-0.3, -0.25) is 25.2 Å². The van der Waals surface area contributed by atoms with Crippen LogP contribution in [0.4, 0.5) is 5.69 Å². The van der Waals surface area contributed by atoms with E-state index in [2.05, 4.69) is 15.6 Å². The molecule has 9 heteroatoms. The Bertz CT molecular complexity index is 878. The summed E-state index contributed by atoms with van der Waals surface area (Å²) in [7, 11) is -3.80. The third-order valence-electron chi connectivity index (χ3n) is 3.20. The SMILES string of the molecule is CCOc1ccc(NS(=O)(=O)c2ccc(C(=O)NNC(C)=O)cc2)cc1. The monoisotopic (exact) mass is 377 g/mol. The minimum atomic E-state index is -3.80. The van der Waals surface area contributed by atoms with Crippen LogP contribution < -0.4 is 20.3 Å². The topological polar surface area (TPSA) is 114 Å². The number of amides is 2. The quantitative estimate of drug-likeness (QED) is 0.663. The van der Waals surface area contributed by atoms with Crippen LogP contribution >= 0.6 is 0 Å². The smallest absolute Gasteiger partial charge is 0.269 e. The lowest BCUT2D eigenvalue weighted by Gasteiger charge is -2.10. The number of ether oxygens (including phenoxy) is 1. The molecule has 0 aliphatic rings. The van der Waals surface area contributed by atoms with Gasteiger partial charge in [0.1, 0.15) is 5.75 Å². The van der Waals surface area contributed by atoms with Crippen LogP contribution in [0, 0.1) is 0 Å². The molecule has 0 aliphatic carbocycles. The van der Waals surface area contributed by atoms with Gasteiger partial charge in [0.15, 0.2) is 0 Å². The standard InChI is InChI=1S/C17H19N3O5S/c1-3-25-15-8-6-14(7-9-15)20-26(23,24)16-10-4-13(5-11-16)17(22)19-18-12(2)21/h4-11,20H,3H2,1-2H3,(H,18,21)(H,19,22). The summed E-state index contributed by atoms with van der Waals surface area (Å²) in [5.41, 5.74) is 4.95. The van der Waals surface area contributed by atoms with E-state index in [0.717, 1.165) is 0 Å². The van der Waals surface area contributed by atoms with Crippen molar-refractivity contribution in [2.24, 2.45) is 0 Å². The van der Waals surface area contributed by atoms with E-state index in [9.17, 15) is 18.0 Å². The Labute approximate surface area is 151 Å². The van der Waals surface area contributed by atoms with Gasteiger partial charge in [0.2, 0.25) is 5.91 Å². The average Bonchev–Trinajstić information content (AvgIpc) is 2.61. The van der Waals surface area contributed by atoms with Crippen molar-refractivity contribution in [1.29, 1.82) is 0 Å². The lowest BCUT2D eigenvalue weighted by atomic mass is 10.2. The van der Waals surface area contributed by atoms with Crippen molar-refractivity contribution in [3.8, 4) is 5.75 Å². The van der Waals surface area contributed by atoms with Crippen molar-refractivity contribution < 1.29 is 22.7 Å². The number of anilines is 1. The summed E-state index contributed by atoms with van der Waals surface area (Å²) >= 11 is 0. The van der Waals surface area contributed by atoms with Crippen molar-refractivity contribution in [3.63, 3.8) is 0 Å². The van der Waals surface area contributed by atoms with Crippen LogP contribution in [0.5, 0.6) is 5.75 Å². The molecule has 0 saturated heterocycles. The fourth-order valence-corrected chi connectivity index (χ4v) is 3.06. The summed E-state index contributed by atoms with van der Waals surface area (Å²) < 4.78 is 32.6. The first-order valence-electron chi connectivity index (χ1n) is 7.74. The molecule has 0 aliphatic heterocycles. The fourth-order valence-electron chi connectivity index (χ4n) is 2.00. The maximum absolute atomic E-state index is 12.4. The highest BCUT2D eigenvalue weighted by molar-refractivity contribution is 7.92. The molecule has 0 heterocycles. The summed E-state index contributed by atoms with van der Waals surface area (Å²) in [4.78, 5) is 22.6. The number of hydrazine groups is 1. The van der Waals surface area contributed by atoms with Crippen LogP contribution in [0.1, 0.15) is 24.2 Å². The summed E-state index contributed by atoms with van der Waals surface area (Å²) in [5.74, 6) is -0.328. The summed E-state index contributed by atoms with van der Waals surface area (Å²) in [5, 5.41) is 0. The summed E-state index contributed by atoms with van der Waals surface area (Å²) in [6.07, 6.45) is 0. The van der Waals surface area contributed by atoms with Crippen LogP contribution in [0.3, 0.4) is 0 Å². The van der Waals surface area contributed by atoms with Gasteiger partial charge in [-0.2, -0.15) is 0 Å². The van der Waals surface area contributed by atoms with Gasteiger partial charge in [-0.05, 0) is 55.5 Å². The molecular weight excluding hydrogens is 358 g/mol. The molecule has 0 atom stereocenters. The molecule has 0 radical (unpaired) electrons. The van der Waals surface area contributed by atoms with Gasteiger partial charge in [0, 0.05) is 18.2 Å². The van der Waals surface area contributed by atoms with Crippen LogP contribution in [0.2, 0.25) is 0 Å². The predicted octanol–water partition coefficient (Wildman–Crippen LogP) is 1.67. The molecule has 2 amide bonds. The van der Waals surface area contributed by atoms with E-state index in [-0.39, 0.29) is 10.5 Å². The van der Waals surface area contributed by atoms with E-state index in [1.807, 2.05) is 6.92 Å². The number of hydrogen-bond acceptors (Lipinski definition) is 5. The van der Waals surface area contributed by atoms with Gasteiger partial charge < -0.3 is 4.74 Å². The first-order chi connectivity index (χ1) is 12.3. The van der Waals surface area contributed by atoms with E-state index in [1.54, 1.807) is 24.3 Å². The second kappa shape index (κ2) is 8.34. The minimum Gasteiger partial charge on any atom is -0.494 e. The number of hydrogen-bond donors (Lipinski definition) is 3. The Balaban J connectivity index is 2.08. The molecule has 0 fully saturated rings. The number of benzene rings is 2. The first-order valence-corrected chi connectivity index (χ1v) is 9.23. The Morgan fingerprint density at radius 3 is 2.12 bits per heavy atom.